The van der Waals surface area contributed by atoms with Crippen LogP contribution in [-0.2, 0) is 24.0 Å². The molecule has 0 aliphatic rings. The molecule has 0 rings (SSSR count). The summed E-state index contributed by atoms with van der Waals surface area (Å²) in [5.74, 6) is -5.07. The third-order valence-corrected chi connectivity index (χ3v) is 3.89. The molecule has 3 amide bonds. The van der Waals surface area contributed by atoms with E-state index in [1.807, 2.05) is 0 Å². The standard InChI is InChI=1S/C15H26N4O7S/c1-7(2)12(19-10(20)5-16)14(24)18-9(6-27)13(23)17-8(15(25)26)3-4-11(21)22/h7-9,12,27H,3-6,16H2,1-2H3,(H,17,23)(H,18,24)(H,19,20)(H,21,22)(H,25,26). The molecule has 0 aliphatic carbocycles. The van der Waals surface area contributed by atoms with Crippen molar-refractivity contribution in [1.29, 1.82) is 0 Å². The Bertz CT molecular complexity index is 570. The topological polar surface area (TPSA) is 188 Å². The number of nitrogens with two attached hydrogens (primary N) is 1. The number of amides is 3. The largest absolute Gasteiger partial charge is 0.481 e. The second-order valence-corrected chi connectivity index (χ2v) is 6.43. The van der Waals surface area contributed by atoms with E-state index in [9.17, 15) is 24.0 Å². The third kappa shape index (κ3) is 9.24. The molecule has 27 heavy (non-hydrogen) atoms. The zero-order valence-corrected chi connectivity index (χ0v) is 16.0. The first-order valence-corrected chi connectivity index (χ1v) is 8.82. The van der Waals surface area contributed by atoms with E-state index in [-0.39, 0.29) is 24.6 Å². The van der Waals surface area contributed by atoms with Crippen LogP contribution in [-0.4, -0.2) is 70.3 Å². The number of carbonyl (C=O) groups excluding carboxylic acids is 3. The normalized spacial score (nSPS) is 14.0. The van der Waals surface area contributed by atoms with Crippen LogP contribution in [0.5, 0.6) is 0 Å². The zero-order chi connectivity index (χ0) is 21.1. The monoisotopic (exact) mass is 406 g/mol. The van der Waals surface area contributed by atoms with Crippen molar-refractivity contribution in [1.82, 2.24) is 16.0 Å². The summed E-state index contributed by atoms with van der Waals surface area (Å²) in [5, 5.41) is 24.7. The molecule has 0 bridgehead atoms. The Morgan fingerprint density at radius 3 is 1.93 bits per heavy atom. The third-order valence-electron chi connectivity index (χ3n) is 3.53. The smallest absolute Gasteiger partial charge is 0.326 e. The summed E-state index contributed by atoms with van der Waals surface area (Å²) in [4.78, 5) is 57.8. The fourth-order valence-electron chi connectivity index (χ4n) is 2.02. The van der Waals surface area contributed by atoms with E-state index in [1.54, 1.807) is 13.8 Å². The van der Waals surface area contributed by atoms with Gasteiger partial charge in [-0.15, -0.1) is 0 Å². The second kappa shape index (κ2) is 12.1. The molecule has 3 unspecified atom stereocenters. The Balaban J connectivity index is 5.03. The van der Waals surface area contributed by atoms with Gasteiger partial charge in [0, 0.05) is 12.2 Å². The number of thiol groups is 1. The summed E-state index contributed by atoms with van der Waals surface area (Å²) < 4.78 is 0. The molecule has 0 aromatic rings. The summed E-state index contributed by atoms with van der Waals surface area (Å²) in [5.41, 5.74) is 5.21. The fourth-order valence-corrected chi connectivity index (χ4v) is 2.28. The van der Waals surface area contributed by atoms with Crippen LogP contribution in [0, 0.1) is 5.92 Å². The molecule has 0 aromatic heterocycles. The van der Waals surface area contributed by atoms with E-state index in [4.69, 9.17) is 15.9 Å². The average Bonchev–Trinajstić information content (AvgIpc) is 2.59. The van der Waals surface area contributed by atoms with E-state index in [2.05, 4.69) is 28.6 Å². The van der Waals surface area contributed by atoms with Gasteiger partial charge >= 0.3 is 11.9 Å². The minimum absolute atomic E-state index is 0.140. The maximum absolute atomic E-state index is 12.4. The van der Waals surface area contributed by atoms with E-state index in [1.165, 1.54) is 0 Å². The van der Waals surface area contributed by atoms with E-state index in [0.717, 1.165) is 0 Å². The van der Waals surface area contributed by atoms with Crippen molar-refractivity contribution in [3.8, 4) is 0 Å². The summed E-state index contributed by atoms with van der Waals surface area (Å²) >= 11 is 3.97. The van der Waals surface area contributed by atoms with Crippen molar-refractivity contribution in [2.75, 3.05) is 12.3 Å². The van der Waals surface area contributed by atoms with Gasteiger partial charge < -0.3 is 31.9 Å². The number of hydrogen-bond acceptors (Lipinski definition) is 7. The summed E-state index contributed by atoms with van der Waals surface area (Å²) in [6, 6.07) is -3.55. The molecule has 0 aromatic carbocycles. The van der Waals surface area contributed by atoms with Crippen molar-refractivity contribution in [3.63, 3.8) is 0 Å². The van der Waals surface area contributed by atoms with Crippen LogP contribution in [0.15, 0.2) is 0 Å². The first-order chi connectivity index (χ1) is 12.5. The van der Waals surface area contributed by atoms with Gasteiger partial charge in [0.05, 0.1) is 6.54 Å². The van der Waals surface area contributed by atoms with Gasteiger partial charge in [-0.05, 0) is 12.3 Å². The van der Waals surface area contributed by atoms with Gasteiger partial charge in [0.2, 0.25) is 17.7 Å². The lowest BCUT2D eigenvalue weighted by Gasteiger charge is -2.25. The minimum Gasteiger partial charge on any atom is -0.481 e. The molecule has 11 nitrogen and oxygen atoms in total. The van der Waals surface area contributed by atoms with Crippen LogP contribution in [0.1, 0.15) is 26.7 Å². The molecule has 0 saturated heterocycles. The van der Waals surface area contributed by atoms with Crippen LogP contribution in [0.4, 0.5) is 0 Å². The number of carbonyl (C=O) groups is 5. The van der Waals surface area contributed by atoms with Gasteiger partial charge in [-0.3, -0.25) is 19.2 Å². The number of carboxylic acid groups (broad SMARTS) is 2. The summed E-state index contributed by atoms with van der Waals surface area (Å²) in [6.07, 6.45) is -0.763. The molecule has 0 aliphatic heterocycles. The second-order valence-electron chi connectivity index (χ2n) is 6.07. The van der Waals surface area contributed by atoms with Crippen LogP contribution in [0.25, 0.3) is 0 Å². The van der Waals surface area contributed by atoms with Crippen LogP contribution in [0.2, 0.25) is 0 Å². The molecule has 0 spiro atoms. The van der Waals surface area contributed by atoms with Crippen LogP contribution < -0.4 is 21.7 Å². The molecule has 7 N–H and O–H groups in total. The van der Waals surface area contributed by atoms with E-state index >= 15 is 0 Å². The van der Waals surface area contributed by atoms with Crippen molar-refractivity contribution in [2.45, 2.75) is 44.8 Å². The highest BCUT2D eigenvalue weighted by Crippen LogP contribution is 2.04. The van der Waals surface area contributed by atoms with Gasteiger partial charge in [0.15, 0.2) is 0 Å². The number of nitrogens with one attached hydrogen (secondary N) is 3. The highest BCUT2D eigenvalue weighted by Gasteiger charge is 2.30. The Morgan fingerprint density at radius 2 is 1.52 bits per heavy atom. The Labute approximate surface area is 161 Å². The van der Waals surface area contributed by atoms with E-state index in [0.29, 0.717) is 0 Å². The van der Waals surface area contributed by atoms with Gasteiger partial charge in [-0.25, -0.2) is 4.79 Å². The first kappa shape index (κ1) is 24.7. The van der Waals surface area contributed by atoms with Crippen LogP contribution in [0.3, 0.4) is 0 Å². The number of aliphatic carboxylic acids is 2. The Kier molecular flexibility index (Phi) is 11.1. The number of hydrogen-bond donors (Lipinski definition) is 7. The Hall–Kier alpha value is -2.34. The van der Waals surface area contributed by atoms with Crippen molar-refractivity contribution in [3.05, 3.63) is 0 Å². The maximum atomic E-state index is 12.4. The first-order valence-electron chi connectivity index (χ1n) is 8.19. The molecule has 0 saturated carbocycles. The maximum Gasteiger partial charge on any atom is 0.326 e. The predicted octanol–water partition coefficient (Wildman–Crippen LogP) is -2.07. The molecular weight excluding hydrogens is 380 g/mol. The molecule has 0 radical (unpaired) electrons. The van der Waals surface area contributed by atoms with Crippen molar-refractivity contribution >= 4 is 42.3 Å². The van der Waals surface area contributed by atoms with Gasteiger partial charge in [0.25, 0.3) is 0 Å². The average molecular weight is 406 g/mol. The van der Waals surface area contributed by atoms with Crippen molar-refractivity contribution in [2.24, 2.45) is 11.7 Å². The SMILES string of the molecule is CC(C)C(NC(=O)CN)C(=O)NC(CS)C(=O)NC(CCC(=O)O)C(=O)O. The molecule has 12 heteroatoms. The van der Waals surface area contributed by atoms with Gasteiger partial charge in [-0.2, -0.15) is 12.6 Å². The Morgan fingerprint density at radius 1 is 0.963 bits per heavy atom. The number of rotatable bonds is 12. The molecule has 154 valence electrons. The quantitative estimate of drug-likeness (QED) is 0.180. The van der Waals surface area contributed by atoms with Gasteiger partial charge in [-0.1, -0.05) is 13.8 Å². The number of carboxylic acids is 2. The lowest BCUT2D eigenvalue weighted by atomic mass is 10.0. The predicted molar refractivity (Wildman–Crippen MR) is 98.0 cm³/mol. The lowest BCUT2D eigenvalue weighted by molar-refractivity contribution is -0.143. The fraction of sp³-hybridized carbons (Fsp3) is 0.667. The zero-order valence-electron chi connectivity index (χ0n) is 15.1. The summed E-state index contributed by atoms with van der Waals surface area (Å²) in [6.45, 7) is 3.06. The molecule has 3 atom stereocenters. The lowest BCUT2D eigenvalue weighted by Crippen LogP contribution is -2.58. The highest BCUT2D eigenvalue weighted by molar-refractivity contribution is 7.80. The summed E-state index contributed by atoms with van der Waals surface area (Å²) in [7, 11) is 0. The van der Waals surface area contributed by atoms with E-state index < -0.39 is 54.2 Å². The minimum atomic E-state index is -1.43. The van der Waals surface area contributed by atoms with Crippen LogP contribution >= 0.6 is 12.6 Å². The highest BCUT2D eigenvalue weighted by atomic mass is 32.1. The molecular formula is C15H26N4O7S. The van der Waals surface area contributed by atoms with Gasteiger partial charge in [0.1, 0.15) is 18.1 Å². The molecule has 0 fully saturated rings. The molecule has 0 heterocycles. The van der Waals surface area contributed by atoms with Crippen molar-refractivity contribution < 1.29 is 34.2 Å².